The summed E-state index contributed by atoms with van der Waals surface area (Å²) in [5, 5.41) is 1.24. The number of benzene rings is 1. The number of pyridine rings is 1. The van der Waals surface area contributed by atoms with E-state index in [0.717, 1.165) is 5.69 Å². The summed E-state index contributed by atoms with van der Waals surface area (Å²) < 4.78 is 0. The Kier molecular flexibility index (Phi) is 2.63. The van der Waals surface area contributed by atoms with Crippen molar-refractivity contribution in [3.63, 3.8) is 0 Å². The Hall–Kier alpha value is -2.09. The molecule has 0 saturated carbocycles. The highest BCUT2D eigenvalue weighted by molar-refractivity contribution is 5.85. The van der Waals surface area contributed by atoms with Crippen molar-refractivity contribution in [3.8, 4) is 11.1 Å². The molecule has 0 saturated heterocycles. The van der Waals surface area contributed by atoms with Crippen LogP contribution in [0.4, 0.5) is 0 Å². The number of nitrogens with zero attached hydrogens (tertiary/aromatic N) is 1. The van der Waals surface area contributed by atoms with E-state index in [-0.39, 0.29) is 0 Å². The van der Waals surface area contributed by atoms with Gasteiger partial charge in [-0.25, -0.2) is 0 Å². The largest absolute Gasteiger partial charge is 0.361 e. The molecule has 2 aromatic heterocycles. The van der Waals surface area contributed by atoms with Gasteiger partial charge in [-0.1, -0.05) is 26.0 Å². The van der Waals surface area contributed by atoms with Gasteiger partial charge in [0.2, 0.25) is 0 Å². The Morgan fingerprint density at radius 3 is 2.83 bits per heavy atom. The van der Waals surface area contributed by atoms with Gasteiger partial charge in [0.05, 0.1) is 5.69 Å². The molecule has 1 N–H and O–H groups in total. The first kappa shape index (κ1) is 11.0. The molecule has 0 atom stereocenters. The predicted molar refractivity (Wildman–Crippen MR) is 75.6 cm³/mol. The lowest BCUT2D eigenvalue weighted by Gasteiger charge is -2.11. The number of rotatable bonds is 2. The van der Waals surface area contributed by atoms with Crippen molar-refractivity contribution in [1.29, 1.82) is 0 Å². The molecule has 0 aliphatic rings. The van der Waals surface area contributed by atoms with Crippen molar-refractivity contribution in [2.45, 2.75) is 19.8 Å². The van der Waals surface area contributed by atoms with E-state index in [9.17, 15) is 0 Å². The van der Waals surface area contributed by atoms with Gasteiger partial charge in [-0.15, -0.1) is 0 Å². The van der Waals surface area contributed by atoms with Gasteiger partial charge in [0.1, 0.15) is 0 Å². The lowest BCUT2D eigenvalue weighted by Crippen LogP contribution is -1.95. The van der Waals surface area contributed by atoms with Gasteiger partial charge in [0.15, 0.2) is 0 Å². The highest BCUT2D eigenvalue weighted by Crippen LogP contribution is 2.29. The molecule has 2 nitrogen and oxygen atoms in total. The Balaban J connectivity index is 2.19. The SMILES string of the molecule is CC(C)c1ncccc1-c1ccc2[nH]ccc2c1. The summed E-state index contributed by atoms with van der Waals surface area (Å²) in [7, 11) is 0. The summed E-state index contributed by atoms with van der Waals surface area (Å²) in [4.78, 5) is 7.73. The average molecular weight is 236 g/mol. The van der Waals surface area contributed by atoms with Crippen LogP contribution in [0.5, 0.6) is 0 Å². The van der Waals surface area contributed by atoms with Gasteiger partial charge in [-0.05, 0) is 41.1 Å². The number of H-pyrrole nitrogens is 1. The van der Waals surface area contributed by atoms with Gasteiger partial charge in [-0.3, -0.25) is 4.98 Å². The van der Waals surface area contributed by atoms with E-state index in [1.54, 1.807) is 0 Å². The third kappa shape index (κ3) is 1.80. The molecule has 0 aliphatic carbocycles. The molecule has 1 aromatic carbocycles. The number of fused-ring (bicyclic) bond motifs is 1. The lowest BCUT2D eigenvalue weighted by atomic mass is 9.97. The summed E-state index contributed by atoms with van der Waals surface area (Å²) >= 11 is 0. The zero-order chi connectivity index (χ0) is 12.5. The van der Waals surface area contributed by atoms with E-state index in [0.29, 0.717) is 5.92 Å². The van der Waals surface area contributed by atoms with E-state index in [1.807, 2.05) is 18.5 Å². The normalized spacial score (nSPS) is 11.3. The summed E-state index contributed by atoms with van der Waals surface area (Å²) in [5.41, 5.74) is 4.80. The molecule has 0 bridgehead atoms. The molecule has 0 radical (unpaired) electrons. The molecule has 0 unspecified atom stereocenters. The second-order valence-corrected chi connectivity index (χ2v) is 4.87. The molecule has 0 spiro atoms. The van der Waals surface area contributed by atoms with E-state index in [1.165, 1.54) is 22.0 Å². The van der Waals surface area contributed by atoms with Crippen LogP contribution in [0.2, 0.25) is 0 Å². The van der Waals surface area contributed by atoms with Crippen molar-refractivity contribution in [2.24, 2.45) is 0 Å². The van der Waals surface area contributed by atoms with Crippen LogP contribution in [0.1, 0.15) is 25.5 Å². The molecule has 2 heteroatoms. The third-order valence-corrected chi connectivity index (χ3v) is 3.25. The number of hydrogen-bond donors (Lipinski definition) is 1. The molecule has 2 heterocycles. The Labute approximate surface area is 107 Å². The quantitative estimate of drug-likeness (QED) is 0.704. The maximum Gasteiger partial charge on any atom is 0.0507 e. The monoisotopic (exact) mass is 236 g/mol. The van der Waals surface area contributed by atoms with Gasteiger partial charge < -0.3 is 4.98 Å². The highest BCUT2D eigenvalue weighted by atomic mass is 14.7. The summed E-state index contributed by atoms with van der Waals surface area (Å²) in [6.45, 7) is 4.36. The Bertz CT molecular complexity index is 680. The van der Waals surface area contributed by atoms with Crippen molar-refractivity contribution in [3.05, 3.63) is 54.5 Å². The first-order valence-electron chi connectivity index (χ1n) is 6.28. The zero-order valence-electron chi connectivity index (χ0n) is 10.6. The standard InChI is InChI=1S/C16H16N2/c1-11(2)16-14(4-3-8-18-16)12-5-6-15-13(10-12)7-9-17-15/h3-11,17H,1-2H3. The number of aromatic amines is 1. The summed E-state index contributed by atoms with van der Waals surface area (Å²) in [6, 6.07) is 12.8. The van der Waals surface area contributed by atoms with Crippen molar-refractivity contribution < 1.29 is 0 Å². The van der Waals surface area contributed by atoms with E-state index < -0.39 is 0 Å². The molecular weight excluding hydrogens is 220 g/mol. The molecule has 0 amide bonds. The van der Waals surface area contributed by atoms with Crippen molar-refractivity contribution in [2.75, 3.05) is 0 Å². The van der Waals surface area contributed by atoms with E-state index in [4.69, 9.17) is 0 Å². The van der Waals surface area contributed by atoms with Crippen LogP contribution in [0.3, 0.4) is 0 Å². The minimum absolute atomic E-state index is 0.433. The average Bonchev–Trinajstić information content (AvgIpc) is 2.85. The van der Waals surface area contributed by atoms with Gasteiger partial charge in [0, 0.05) is 23.5 Å². The summed E-state index contributed by atoms with van der Waals surface area (Å²) in [5.74, 6) is 0.433. The van der Waals surface area contributed by atoms with Crippen LogP contribution in [0, 0.1) is 0 Å². The maximum atomic E-state index is 4.51. The molecule has 3 rings (SSSR count). The molecule has 90 valence electrons. The molecule has 0 fully saturated rings. The van der Waals surface area contributed by atoms with E-state index in [2.05, 4.69) is 54.1 Å². The van der Waals surface area contributed by atoms with Gasteiger partial charge in [-0.2, -0.15) is 0 Å². The smallest absolute Gasteiger partial charge is 0.0507 e. The number of aromatic nitrogens is 2. The van der Waals surface area contributed by atoms with Crippen LogP contribution < -0.4 is 0 Å². The second kappa shape index (κ2) is 4.30. The third-order valence-electron chi connectivity index (χ3n) is 3.25. The fourth-order valence-electron chi connectivity index (χ4n) is 2.34. The van der Waals surface area contributed by atoms with Crippen LogP contribution in [-0.4, -0.2) is 9.97 Å². The maximum absolute atomic E-state index is 4.51. The summed E-state index contributed by atoms with van der Waals surface area (Å²) in [6.07, 6.45) is 3.84. The fraction of sp³-hybridized carbons (Fsp3) is 0.188. The highest BCUT2D eigenvalue weighted by Gasteiger charge is 2.09. The molecule has 3 aromatic rings. The van der Waals surface area contributed by atoms with E-state index >= 15 is 0 Å². The lowest BCUT2D eigenvalue weighted by molar-refractivity contribution is 0.826. The number of hydrogen-bond acceptors (Lipinski definition) is 1. The minimum atomic E-state index is 0.433. The predicted octanol–water partition coefficient (Wildman–Crippen LogP) is 4.35. The number of nitrogens with one attached hydrogen (secondary N) is 1. The first-order valence-corrected chi connectivity index (χ1v) is 6.28. The minimum Gasteiger partial charge on any atom is -0.361 e. The Morgan fingerprint density at radius 2 is 2.00 bits per heavy atom. The van der Waals surface area contributed by atoms with Crippen LogP contribution in [-0.2, 0) is 0 Å². The fourth-order valence-corrected chi connectivity index (χ4v) is 2.34. The topological polar surface area (TPSA) is 28.7 Å². The van der Waals surface area contributed by atoms with Gasteiger partial charge >= 0.3 is 0 Å². The second-order valence-electron chi connectivity index (χ2n) is 4.87. The first-order chi connectivity index (χ1) is 8.75. The zero-order valence-corrected chi connectivity index (χ0v) is 10.6. The van der Waals surface area contributed by atoms with Crippen molar-refractivity contribution >= 4 is 10.9 Å². The van der Waals surface area contributed by atoms with Crippen molar-refractivity contribution in [1.82, 2.24) is 9.97 Å². The van der Waals surface area contributed by atoms with Crippen LogP contribution in [0.15, 0.2) is 48.8 Å². The molecule has 0 aliphatic heterocycles. The molecule has 18 heavy (non-hydrogen) atoms. The van der Waals surface area contributed by atoms with Crippen LogP contribution in [0.25, 0.3) is 22.0 Å². The molecular formula is C16H16N2. The Morgan fingerprint density at radius 1 is 1.11 bits per heavy atom. The van der Waals surface area contributed by atoms with Crippen LogP contribution >= 0.6 is 0 Å². The van der Waals surface area contributed by atoms with Gasteiger partial charge in [0.25, 0.3) is 0 Å².